The van der Waals surface area contributed by atoms with Crippen molar-refractivity contribution in [1.29, 1.82) is 0 Å². The second-order valence-corrected chi connectivity index (χ2v) is 5.14. The van der Waals surface area contributed by atoms with Gasteiger partial charge in [-0.25, -0.2) is 9.67 Å². The molecule has 1 aromatic carbocycles. The molecule has 2 aromatic rings. The molecule has 1 fully saturated rings. The zero-order valence-electron chi connectivity index (χ0n) is 13.1. The van der Waals surface area contributed by atoms with Crippen LogP contribution in [-0.4, -0.2) is 46.5 Å². The third-order valence-electron chi connectivity index (χ3n) is 3.59. The third-order valence-corrected chi connectivity index (χ3v) is 3.59. The second-order valence-electron chi connectivity index (χ2n) is 5.14. The molecule has 2 N–H and O–H groups in total. The molecule has 1 saturated heterocycles. The van der Waals surface area contributed by atoms with E-state index in [0.717, 1.165) is 17.7 Å². The Labute approximate surface area is 153 Å². The maximum absolute atomic E-state index is 12.1. The summed E-state index contributed by atoms with van der Waals surface area (Å²) in [7, 11) is 0. The molecule has 0 unspecified atom stereocenters. The van der Waals surface area contributed by atoms with Crippen molar-refractivity contribution in [2.45, 2.75) is 19.2 Å². The first-order chi connectivity index (χ1) is 10.8. The van der Waals surface area contributed by atoms with Gasteiger partial charge in [0.25, 0.3) is 5.91 Å². The Balaban J connectivity index is 0.00000144. The first kappa shape index (κ1) is 20.4. The van der Waals surface area contributed by atoms with E-state index in [0.29, 0.717) is 26.2 Å². The summed E-state index contributed by atoms with van der Waals surface area (Å²) in [6.45, 7) is 3.04. The molecule has 1 amide bonds. The van der Waals surface area contributed by atoms with Crippen LogP contribution in [0.2, 0.25) is 0 Å². The average Bonchev–Trinajstić information content (AvgIpc) is 3.07. The van der Waals surface area contributed by atoms with Crippen LogP contribution in [0.4, 0.5) is 0 Å². The summed E-state index contributed by atoms with van der Waals surface area (Å²) < 4.78 is 7.21. The number of amides is 1. The Kier molecular flexibility index (Phi) is 8.70. The van der Waals surface area contributed by atoms with Crippen LogP contribution < -0.4 is 10.6 Å². The predicted octanol–water partition coefficient (Wildman–Crippen LogP) is 0.775. The summed E-state index contributed by atoms with van der Waals surface area (Å²) in [6, 6.07) is 7.98. The molecule has 0 saturated carbocycles. The molecule has 1 atom stereocenters. The van der Waals surface area contributed by atoms with Crippen molar-refractivity contribution in [2.24, 2.45) is 0 Å². The van der Waals surface area contributed by atoms with Gasteiger partial charge in [0.15, 0.2) is 0 Å². The maximum atomic E-state index is 12.1. The van der Waals surface area contributed by atoms with Crippen molar-refractivity contribution in [2.75, 3.05) is 19.7 Å². The zero-order valence-corrected chi connectivity index (χ0v) is 14.7. The fraction of sp³-hybridized carbons (Fsp3) is 0.400. The number of carbonyl (C=O) groups excluding carboxylic acids is 1. The highest BCUT2D eigenvalue weighted by Gasteiger charge is 2.21. The second kappa shape index (κ2) is 10.2. The van der Waals surface area contributed by atoms with Gasteiger partial charge in [-0.2, -0.15) is 5.10 Å². The highest BCUT2D eigenvalue weighted by atomic mass is 35.5. The SMILES string of the molecule is Cl.Cl.O=C(NCc1ccccc1Cn1cncn1)[C@@H]1CNCCO1. The predicted molar refractivity (Wildman–Crippen MR) is 94.5 cm³/mol. The molecule has 0 spiro atoms. The Bertz CT molecular complexity index is 618. The van der Waals surface area contributed by atoms with Gasteiger partial charge in [-0.15, -0.1) is 24.8 Å². The Hall–Kier alpha value is -1.67. The molecule has 24 heavy (non-hydrogen) atoms. The van der Waals surface area contributed by atoms with Gasteiger partial charge >= 0.3 is 0 Å². The van der Waals surface area contributed by atoms with Crippen LogP contribution in [0.25, 0.3) is 0 Å². The zero-order chi connectivity index (χ0) is 15.2. The number of benzene rings is 1. The van der Waals surface area contributed by atoms with Crippen molar-refractivity contribution < 1.29 is 9.53 Å². The van der Waals surface area contributed by atoms with Gasteiger partial charge in [0.05, 0.1) is 13.2 Å². The molecular weight excluding hydrogens is 353 g/mol. The molecule has 132 valence electrons. The van der Waals surface area contributed by atoms with Gasteiger partial charge in [-0.05, 0) is 11.1 Å². The number of rotatable bonds is 5. The molecule has 0 bridgehead atoms. The van der Waals surface area contributed by atoms with E-state index in [4.69, 9.17) is 4.74 Å². The smallest absolute Gasteiger partial charge is 0.250 e. The number of halogens is 2. The van der Waals surface area contributed by atoms with Crippen molar-refractivity contribution in [3.8, 4) is 0 Å². The molecule has 1 aliphatic rings. The van der Waals surface area contributed by atoms with Crippen LogP contribution in [0, 0.1) is 0 Å². The van der Waals surface area contributed by atoms with Crippen LogP contribution in [0.15, 0.2) is 36.9 Å². The monoisotopic (exact) mass is 373 g/mol. The quantitative estimate of drug-likeness (QED) is 0.808. The summed E-state index contributed by atoms with van der Waals surface area (Å²) in [5, 5.41) is 10.2. The number of aromatic nitrogens is 3. The van der Waals surface area contributed by atoms with Gasteiger partial charge in [0.2, 0.25) is 0 Å². The van der Waals surface area contributed by atoms with Crippen LogP contribution >= 0.6 is 24.8 Å². The Morgan fingerprint density at radius 3 is 2.79 bits per heavy atom. The summed E-state index contributed by atoms with van der Waals surface area (Å²) >= 11 is 0. The van der Waals surface area contributed by atoms with E-state index in [-0.39, 0.29) is 30.7 Å². The van der Waals surface area contributed by atoms with Crippen LogP contribution in [0.5, 0.6) is 0 Å². The number of morpholine rings is 1. The number of carbonyl (C=O) groups is 1. The molecule has 1 aromatic heterocycles. The van der Waals surface area contributed by atoms with Gasteiger partial charge < -0.3 is 15.4 Å². The Morgan fingerprint density at radius 2 is 2.12 bits per heavy atom. The van der Waals surface area contributed by atoms with Crippen molar-refractivity contribution in [3.63, 3.8) is 0 Å². The van der Waals surface area contributed by atoms with E-state index in [1.54, 1.807) is 11.0 Å². The molecule has 7 nitrogen and oxygen atoms in total. The molecule has 3 rings (SSSR count). The minimum atomic E-state index is -0.406. The summed E-state index contributed by atoms with van der Waals surface area (Å²) in [5.74, 6) is -0.0808. The molecule has 9 heteroatoms. The van der Waals surface area contributed by atoms with E-state index < -0.39 is 6.10 Å². The lowest BCUT2D eigenvalue weighted by Crippen LogP contribution is -2.47. The minimum Gasteiger partial charge on any atom is -0.366 e. The summed E-state index contributed by atoms with van der Waals surface area (Å²) in [6.07, 6.45) is 2.78. The lowest BCUT2D eigenvalue weighted by molar-refractivity contribution is -0.134. The van der Waals surface area contributed by atoms with Gasteiger partial charge in [0, 0.05) is 19.6 Å². The number of ether oxygens (including phenoxy) is 1. The van der Waals surface area contributed by atoms with Crippen LogP contribution in [0.1, 0.15) is 11.1 Å². The molecule has 1 aliphatic heterocycles. The highest BCUT2D eigenvalue weighted by Crippen LogP contribution is 2.10. The normalized spacial score (nSPS) is 16.6. The first-order valence-electron chi connectivity index (χ1n) is 7.32. The van der Waals surface area contributed by atoms with E-state index in [1.165, 1.54) is 6.33 Å². The average molecular weight is 374 g/mol. The Morgan fingerprint density at radius 1 is 1.33 bits per heavy atom. The summed E-state index contributed by atoms with van der Waals surface area (Å²) in [5.41, 5.74) is 2.17. The topological polar surface area (TPSA) is 81.1 Å². The number of hydrogen-bond acceptors (Lipinski definition) is 5. The van der Waals surface area contributed by atoms with Gasteiger partial charge in [-0.3, -0.25) is 4.79 Å². The molecular formula is C15H21Cl2N5O2. The standard InChI is InChI=1S/C15H19N5O2.2ClH/c21-15(14-8-16-5-6-22-14)18-7-12-3-1-2-4-13(12)9-20-11-17-10-19-20;;/h1-4,10-11,14,16H,5-9H2,(H,18,21);2*1H/t14-;;/m0../s1. The van der Waals surface area contributed by atoms with E-state index >= 15 is 0 Å². The van der Waals surface area contributed by atoms with Crippen LogP contribution in [-0.2, 0) is 22.6 Å². The fourth-order valence-corrected chi connectivity index (χ4v) is 2.40. The van der Waals surface area contributed by atoms with Gasteiger partial charge in [0.1, 0.15) is 18.8 Å². The maximum Gasteiger partial charge on any atom is 0.250 e. The van der Waals surface area contributed by atoms with E-state index in [9.17, 15) is 4.79 Å². The number of hydrogen-bond donors (Lipinski definition) is 2. The number of nitrogens with one attached hydrogen (secondary N) is 2. The largest absolute Gasteiger partial charge is 0.366 e. The molecule has 0 aliphatic carbocycles. The molecule has 0 radical (unpaired) electrons. The summed E-state index contributed by atoms with van der Waals surface area (Å²) in [4.78, 5) is 16.0. The van der Waals surface area contributed by atoms with E-state index in [1.807, 2.05) is 24.3 Å². The van der Waals surface area contributed by atoms with Crippen LogP contribution in [0.3, 0.4) is 0 Å². The van der Waals surface area contributed by atoms with Gasteiger partial charge in [-0.1, -0.05) is 24.3 Å². The first-order valence-corrected chi connectivity index (χ1v) is 7.32. The van der Waals surface area contributed by atoms with E-state index in [2.05, 4.69) is 20.7 Å². The lowest BCUT2D eigenvalue weighted by atomic mass is 10.1. The van der Waals surface area contributed by atoms with Crippen molar-refractivity contribution in [3.05, 3.63) is 48.0 Å². The fourth-order valence-electron chi connectivity index (χ4n) is 2.40. The minimum absolute atomic E-state index is 0. The third kappa shape index (κ3) is 5.45. The number of nitrogens with zero attached hydrogens (tertiary/aromatic N) is 3. The van der Waals surface area contributed by atoms with Crippen molar-refractivity contribution in [1.82, 2.24) is 25.4 Å². The molecule has 2 heterocycles. The van der Waals surface area contributed by atoms with Crippen molar-refractivity contribution >= 4 is 30.7 Å². The highest BCUT2D eigenvalue weighted by molar-refractivity contribution is 5.85. The lowest BCUT2D eigenvalue weighted by Gasteiger charge is -2.23.